The zero-order valence-electron chi connectivity index (χ0n) is 13.0. The first-order chi connectivity index (χ1) is 11.2. The number of carboxylic acid groups (broad SMARTS) is 1. The second-order valence-corrected chi connectivity index (χ2v) is 6.80. The molecular formula is C16H16N2O5S. The molecule has 0 saturated heterocycles. The number of anilines is 2. The number of sulfonamides is 1. The highest BCUT2D eigenvalue weighted by atomic mass is 32.2. The minimum atomic E-state index is -3.97. The van der Waals surface area contributed by atoms with E-state index >= 15 is 0 Å². The molecule has 2 aromatic rings. The van der Waals surface area contributed by atoms with Crippen molar-refractivity contribution < 1.29 is 23.1 Å². The van der Waals surface area contributed by atoms with Crippen LogP contribution in [0.3, 0.4) is 0 Å². The maximum absolute atomic E-state index is 12.5. The smallest absolute Gasteiger partial charge is 0.335 e. The summed E-state index contributed by atoms with van der Waals surface area (Å²) in [5, 5.41) is 11.6. The molecule has 0 saturated carbocycles. The van der Waals surface area contributed by atoms with E-state index in [4.69, 9.17) is 5.11 Å². The number of carbonyl (C=O) groups is 2. The van der Waals surface area contributed by atoms with E-state index in [1.165, 1.54) is 31.2 Å². The third-order valence-corrected chi connectivity index (χ3v) is 4.68. The normalized spacial score (nSPS) is 10.9. The number of benzene rings is 2. The van der Waals surface area contributed by atoms with E-state index < -0.39 is 16.0 Å². The maximum atomic E-state index is 12.5. The summed E-state index contributed by atoms with van der Waals surface area (Å²) in [7, 11) is -3.97. The van der Waals surface area contributed by atoms with Crippen molar-refractivity contribution >= 4 is 33.3 Å². The molecule has 1 amide bonds. The fourth-order valence-corrected chi connectivity index (χ4v) is 3.42. The average Bonchev–Trinajstić information content (AvgIpc) is 2.46. The summed E-state index contributed by atoms with van der Waals surface area (Å²) in [5.74, 6) is -1.49. The molecule has 2 aromatic carbocycles. The number of aromatic carboxylic acids is 1. The van der Waals surface area contributed by atoms with Gasteiger partial charge in [-0.25, -0.2) is 13.2 Å². The average molecular weight is 348 g/mol. The quantitative estimate of drug-likeness (QED) is 0.768. The molecule has 0 aliphatic rings. The number of carbonyl (C=O) groups excluding carboxylic acids is 1. The monoisotopic (exact) mass is 348 g/mol. The first kappa shape index (κ1) is 17.5. The van der Waals surface area contributed by atoms with Crippen LogP contribution < -0.4 is 10.0 Å². The molecule has 0 atom stereocenters. The molecule has 7 nitrogen and oxygen atoms in total. The van der Waals surface area contributed by atoms with Crippen LogP contribution in [0.2, 0.25) is 0 Å². The lowest BCUT2D eigenvalue weighted by atomic mass is 10.1. The van der Waals surface area contributed by atoms with Crippen molar-refractivity contribution in [1.82, 2.24) is 0 Å². The molecule has 0 spiro atoms. The number of rotatable bonds is 5. The van der Waals surface area contributed by atoms with Gasteiger partial charge in [0.1, 0.15) is 0 Å². The number of nitrogens with one attached hydrogen (secondary N) is 2. The van der Waals surface area contributed by atoms with Crippen LogP contribution in [0.4, 0.5) is 11.4 Å². The largest absolute Gasteiger partial charge is 0.478 e. The zero-order valence-corrected chi connectivity index (χ0v) is 13.8. The van der Waals surface area contributed by atoms with Gasteiger partial charge in [0, 0.05) is 12.6 Å². The lowest BCUT2D eigenvalue weighted by Crippen LogP contribution is -2.15. The van der Waals surface area contributed by atoms with Crippen LogP contribution in [-0.4, -0.2) is 25.4 Å². The van der Waals surface area contributed by atoms with E-state index in [1.54, 1.807) is 19.1 Å². The predicted molar refractivity (Wildman–Crippen MR) is 89.7 cm³/mol. The van der Waals surface area contributed by atoms with Gasteiger partial charge in [-0.15, -0.1) is 0 Å². The summed E-state index contributed by atoms with van der Waals surface area (Å²) in [5.41, 5.74) is 0.999. The Bertz CT molecular complexity index is 906. The van der Waals surface area contributed by atoms with Crippen LogP contribution in [0, 0.1) is 6.92 Å². The highest BCUT2D eigenvalue weighted by Crippen LogP contribution is 2.22. The summed E-state index contributed by atoms with van der Waals surface area (Å²) < 4.78 is 27.5. The Kier molecular flexibility index (Phi) is 4.89. The van der Waals surface area contributed by atoms with Crippen molar-refractivity contribution in [2.75, 3.05) is 10.0 Å². The zero-order chi connectivity index (χ0) is 17.9. The molecule has 2 rings (SSSR count). The first-order valence-corrected chi connectivity index (χ1v) is 8.42. The van der Waals surface area contributed by atoms with Gasteiger partial charge in [-0.2, -0.15) is 0 Å². The van der Waals surface area contributed by atoms with Crippen LogP contribution >= 0.6 is 0 Å². The molecule has 0 aromatic heterocycles. The molecule has 0 bridgehead atoms. The standard InChI is InChI=1S/C16H16N2O5S/c1-10-6-7-12(16(20)21)8-15(10)24(22,23)18-14-5-3-4-13(9-14)17-11(2)19/h3-9,18H,1-2H3,(H,17,19)(H,20,21). The topological polar surface area (TPSA) is 113 Å². The van der Waals surface area contributed by atoms with Crippen LogP contribution in [0.5, 0.6) is 0 Å². The maximum Gasteiger partial charge on any atom is 0.335 e. The lowest BCUT2D eigenvalue weighted by Gasteiger charge is -2.12. The Morgan fingerprint density at radius 1 is 1.04 bits per heavy atom. The number of aryl methyl sites for hydroxylation is 1. The molecule has 0 unspecified atom stereocenters. The van der Waals surface area contributed by atoms with Crippen molar-refractivity contribution in [2.24, 2.45) is 0 Å². The molecule has 0 fully saturated rings. The Morgan fingerprint density at radius 2 is 1.71 bits per heavy atom. The number of carboxylic acids is 1. The van der Waals surface area contributed by atoms with Gasteiger partial charge in [-0.1, -0.05) is 12.1 Å². The summed E-state index contributed by atoms with van der Waals surface area (Å²) in [6.07, 6.45) is 0. The Hall–Kier alpha value is -2.87. The van der Waals surface area contributed by atoms with Gasteiger partial charge in [0.25, 0.3) is 10.0 Å². The number of hydrogen-bond donors (Lipinski definition) is 3. The molecule has 8 heteroatoms. The third-order valence-electron chi connectivity index (χ3n) is 3.16. The molecule has 3 N–H and O–H groups in total. The first-order valence-electron chi connectivity index (χ1n) is 6.93. The van der Waals surface area contributed by atoms with Crippen molar-refractivity contribution in [3.05, 3.63) is 53.6 Å². The van der Waals surface area contributed by atoms with E-state index in [1.807, 2.05) is 0 Å². The summed E-state index contributed by atoms with van der Waals surface area (Å²) >= 11 is 0. The van der Waals surface area contributed by atoms with Gasteiger partial charge >= 0.3 is 5.97 Å². The molecule has 0 aliphatic carbocycles. The van der Waals surface area contributed by atoms with E-state index in [0.29, 0.717) is 11.3 Å². The van der Waals surface area contributed by atoms with Gasteiger partial charge in [-0.3, -0.25) is 9.52 Å². The molecule has 24 heavy (non-hydrogen) atoms. The fourth-order valence-electron chi connectivity index (χ4n) is 2.10. The van der Waals surface area contributed by atoms with Gasteiger partial charge in [0.05, 0.1) is 16.1 Å². The number of hydrogen-bond acceptors (Lipinski definition) is 4. The van der Waals surface area contributed by atoms with E-state index in [-0.39, 0.29) is 22.1 Å². The molecule has 126 valence electrons. The minimum Gasteiger partial charge on any atom is -0.478 e. The SMILES string of the molecule is CC(=O)Nc1cccc(NS(=O)(=O)c2cc(C(=O)O)ccc2C)c1. The van der Waals surface area contributed by atoms with E-state index in [9.17, 15) is 18.0 Å². The summed E-state index contributed by atoms with van der Waals surface area (Å²) in [6.45, 7) is 2.92. The molecule has 0 aliphatic heterocycles. The van der Waals surface area contributed by atoms with Gasteiger partial charge in [-0.05, 0) is 42.8 Å². The van der Waals surface area contributed by atoms with Gasteiger partial charge in [0.2, 0.25) is 5.91 Å². The van der Waals surface area contributed by atoms with Crippen molar-refractivity contribution in [2.45, 2.75) is 18.7 Å². The highest BCUT2D eigenvalue weighted by molar-refractivity contribution is 7.92. The molecule has 0 heterocycles. The van der Waals surface area contributed by atoms with Crippen molar-refractivity contribution in [1.29, 1.82) is 0 Å². The van der Waals surface area contributed by atoms with Crippen molar-refractivity contribution in [3.63, 3.8) is 0 Å². The van der Waals surface area contributed by atoms with Gasteiger partial charge in [0.15, 0.2) is 0 Å². The number of amides is 1. The van der Waals surface area contributed by atoms with E-state index in [0.717, 1.165) is 6.07 Å². The minimum absolute atomic E-state index is 0.118. The Balaban J connectivity index is 2.37. The van der Waals surface area contributed by atoms with Crippen LogP contribution in [0.15, 0.2) is 47.4 Å². The second-order valence-electron chi connectivity index (χ2n) is 5.15. The van der Waals surface area contributed by atoms with Crippen LogP contribution in [-0.2, 0) is 14.8 Å². The Labute approximate surface area is 139 Å². The molecular weight excluding hydrogens is 332 g/mol. The third kappa shape index (κ3) is 4.11. The highest BCUT2D eigenvalue weighted by Gasteiger charge is 2.19. The van der Waals surface area contributed by atoms with Crippen LogP contribution in [0.1, 0.15) is 22.8 Å². The predicted octanol–water partition coefficient (Wildman–Crippen LogP) is 2.45. The van der Waals surface area contributed by atoms with Gasteiger partial charge < -0.3 is 10.4 Å². The van der Waals surface area contributed by atoms with Crippen LogP contribution in [0.25, 0.3) is 0 Å². The summed E-state index contributed by atoms with van der Waals surface area (Å²) in [4.78, 5) is 22.0. The fraction of sp³-hybridized carbons (Fsp3) is 0.125. The second kappa shape index (κ2) is 6.71. The summed E-state index contributed by atoms with van der Waals surface area (Å²) in [6, 6.07) is 10.1. The molecule has 0 radical (unpaired) electrons. The van der Waals surface area contributed by atoms with Crippen molar-refractivity contribution in [3.8, 4) is 0 Å². The Morgan fingerprint density at radius 3 is 2.33 bits per heavy atom. The van der Waals surface area contributed by atoms with E-state index in [2.05, 4.69) is 10.0 Å². The lowest BCUT2D eigenvalue weighted by molar-refractivity contribution is -0.114.